The van der Waals surface area contributed by atoms with Crippen molar-refractivity contribution in [3.05, 3.63) is 22.7 Å². The van der Waals surface area contributed by atoms with Gasteiger partial charge in [-0.1, -0.05) is 0 Å². The Kier molecular flexibility index (Phi) is 1.99. The van der Waals surface area contributed by atoms with E-state index < -0.39 is 5.69 Å². The van der Waals surface area contributed by atoms with E-state index in [1.54, 1.807) is 12.3 Å². The predicted molar refractivity (Wildman–Crippen MR) is 43.6 cm³/mol. The Morgan fingerprint density at radius 2 is 2.54 bits per heavy atom. The second-order valence-corrected chi connectivity index (χ2v) is 2.70. The number of hydrogen-bond donors (Lipinski definition) is 1. The minimum Gasteiger partial charge on any atom is -0.383 e. The first-order valence-electron chi connectivity index (χ1n) is 3.90. The Morgan fingerprint density at radius 3 is 3.15 bits per heavy atom. The third-order valence-corrected chi connectivity index (χ3v) is 1.79. The summed E-state index contributed by atoms with van der Waals surface area (Å²) in [7, 11) is 0. The molecule has 6 heteroatoms. The lowest BCUT2D eigenvalue weighted by Crippen LogP contribution is -2.26. The van der Waals surface area contributed by atoms with Crippen molar-refractivity contribution in [1.29, 1.82) is 0 Å². The summed E-state index contributed by atoms with van der Waals surface area (Å²) in [4.78, 5) is 24.4. The number of rotatable bonds is 1. The minimum absolute atomic E-state index is 0.208. The highest BCUT2D eigenvalue weighted by molar-refractivity contribution is 5.23. The van der Waals surface area contributed by atoms with Gasteiger partial charge in [-0.15, -0.1) is 0 Å². The highest BCUT2D eigenvalue weighted by Gasteiger charge is 2.20. The van der Waals surface area contributed by atoms with Gasteiger partial charge < -0.3 is 5.73 Å². The van der Waals surface area contributed by atoms with Gasteiger partial charge in [0.1, 0.15) is 5.82 Å². The maximum absolute atomic E-state index is 11.3. The molecule has 1 aliphatic rings. The van der Waals surface area contributed by atoms with Crippen LogP contribution in [0.5, 0.6) is 0 Å². The fourth-order valence-electron chi connectivity index (χ4n) is 1.15. The molecular formula is C7H9N3O3. The molecule has 1 aliphatic heterocycles. The van der Waals surface area contributed by atoms with Crippen molar-refractivity contribution < 1.29 is 9.78 Å². The Hall–Kier alpha value is -1.40. The molecule has 1 aromatic heterocycles. The molecule has 1 unspecified atom stereocenters. The maximum atomic E-state index is 11.3. The van der Waals surface area contributed by atoms with Crippen LogP contribution in [-0.2, 0) is 9.78 Å². The molecule has 2 heterocycles. The molecule has 2 rings (SSSR count). The van der Waals surface area contributed by atoms with Crippen LogP contribution in [0.2, 0.25) is 0 Å². The second kappa shape index (κ2) is 3.15. The molecule has 0 saturated carbocycles. The molecule has 0 aromatic carbocycles. The van der Waals surface area contributed by atoms with Crippen molar-refractivity contribution >= 4 is 5.82 Å². The van der Waals surface area contributed by atoms with E-state index in [9.17, 15) is 4.79 Å². The number of nitrogens with zero attached hydrogens (tertiary/aromatic N) is 2. The van der Waals surface area contributed by atoms with E-state index in [0.29, 0.717) is 13.0 Å². The lowest BCUT2D eigenvalue weighted by atomic mass is 10.4. The Labute approximate surface area is 73.8 Å². The lowest BCUT2D eigenvalue weighted by molar-refractivity contribution is -0.292. The van der Waals surface area contributed by atoms with Crippen LogP contribution in [-0.4, -0.2) is 16.2 Å². The number of nitrogen functional groups attached to an aromatic ring is 1. The minimum atomic E-state index is -0.421. The van der Waals surface area contributed by atoms with Gasteiger partial charge in [-0.25, -0.2) is 14.6 Å². The molecule has 6 nitrogen and oxygen atoms in total. The first-order valence-corrected chi connectivity index (χ1v) is 3.90. The van der Waals surface area contributed by atoms with E-state index in [0.717, 1.165) is 0 Å². The van der Waals surface area contributed by atoms with Gasteiger partial charge >= 0.3 is 5.69 Å². The van der Waals surface area contributed by atoms with Gasteiger partial charge in [0.05, 0.1) is 6.61 Å². The summed E-state index contributed by atoms with van der Waals surface area (Å²) in [5, 5.41) is 0. The molecule has 13 heavy (non-hydrogen) atoms. The topological polar surface area (TPSA) is 79.4 Å². The average Bonchev–Trinajstić information content (AvgIpc) is 2.56. The Balaban J connectivity index is 2.34. The summed E-state index contributed by atoms with van der Waals surface area (Å²) in [6.45, 7) is 0.488. The first-order chi connectivity index (χ1) is 6.27. The van der Waals surface area contributed by atoms with Gasteiger partial charge in [0, 0.05) is 12.6 Å². The first kappa shape index (κ1) is 8.21. The van der Waals surface area contributed by atoms with Crippen LogP contribution in [0.15, 0.2) is 17.1 Å². The molecule has 0 spiro atoms. The van der Waals surface area contributed by atoms with Crippen LogP contribution in [0.4, 0.5) is 5.82 Å². The van der Waals surface area contributed by atoms with Gasteiger partial charge in [0.2, 0.25) is 0 Å². The largest absolute Gasteiger partial charge is 0.383 e. The van der Waals surface area contributed by atoms with E-state index in [1.807, 2.05) is 0 Å². The molecule has 1 atom stereocenters. The van der Waals surface area contributed by atoms with Crippen LogP contribution >= 0.6 is 0 Å². The number of aromatic nitrogens is 2. The van der Waals surface area contributed by atoms with Crippen molar-refractivity contribution in [1.82, 2.24) is 9.55 Å². The van der Waals surface area contributed by atoms with Crippen LogP contribution in [0.1, 0.15) is 12.6 Å². The van der Waals surface area contributed by atoms with E-state index in [4.69, 9.17) is 10.6 Å². The normalized spacial score (nSPS) is 22.0. The molecule has 2 N–H and O–H groups in total. The summed E-state index contributed by atoms with van der Waals surface area (Å²) in [6, 6.07) is 1.54. The summed E-state index contributed by atoms with van der Waals surface area (Å²) < 4.78 is 1.35. The number of anilines is 1. The van der Waals surface area contributed by atoms with E-state index in [-0.39, 0.29) is 12.0 Å². The molecule has 1 fully saturated rings. The van der Waals surface area contributed by atoms with Gasteiger partial charge in [-0.2, -0.15) is 4.98 Å². The number of nitrogens with two attached hydrogens (primary N) is 1. The van der Waals surface area contributed by atoms with Gasteiger partial charge in [-0.05, 0) is 6.07 Å². The molecular weight excluding hydrogens is 174 g/mol. The van der Waals surface area contributed by atoms with Crippen molar-refractivity contribution in [3.63, 3.8) is 0 Å². The van der Waals surface area contributed by atoms with E-state index in [2.05, 4.69) is 9.87 Å². The molecule has 1 aromatic rings. The van der Waals surface area contributed by atoms with E-state index in [1.165, 1.54) is 4.57 Å². The zero-order chi connectivity index (χ0) is 9.26. The fourth-order valence-corrected chi connectivity index (χ4v) is 1.15. The van der Waals surface area contributed by atoms with Crippen LogP contribution in [0.3, 0.4) is 0 Å². The van der Waals surface area contributed by atoms with Crippen LogP contribution in [0.25, 0.3) is 0 Å². The van der Waals surface area contributed by atoms with Crippen molar-refractivity contribution in [2.45, 2.75) is 12.6 Å². The van der Waals surface area contributed by atoms with Gasteiger partial charge in [0.25, 0.3) is 0 Å². The second-order valence-electron chi connectivity index (χ2n) is 2.70. The SMILES string of the molecule is Nc1ccn(C2CCOO2)c(=O)n1. The fraction of sp³-hybridized carbons (Fsp3) is 0.429. The van der Waals surface area contributed by atoms with Crippen LogP contribution in [0, 0.1) is 0 Å². The summed E-state index contributed by atoms with van der Waals surface area (Å²) in [5.41, 5.74) is 4.91. The molecule has 1 saturated heterocycles. The standard InChI is InChI=1S/C7H9N3O3/c8-5-1-3-10(7(11)9-5)6-2-4-12-13-6/h1,3,6H,2,4H2,(H2,8,9,11). The van der Waals surface area contributed by atoms with Gasteiger partial charge in [-0.3, -0.25) is 4.57 Å². The molecule has 0 aliphatic carbocycles. The van der Waals surface area contributed by atoms with E-state index >= 15 is 0 Å². The maximum Gasteiger partial charge on any atom is 0.351 e. The molecule has 0 radical (unpaired) electrons. The van der Waals surface area contributed by atoms with Crippen molar-refractivity contribution in [3.8, 4) is 0 Å². The third-order valence-electron chi connectivity index (χ3n) is 1.79. The smallest absolute Gasteiger partial charge is 0.351 e. The highest BCUT2D eigenvalue weighted by atomic mass is 17.2. The highest BCUT2D eigenvalue weighted by Crippen LogP contribution is 2.17. The average molecular weight is 183 g/mol. The number of hydrogen-bond acceptors (Lipinski definition) is 5. The Morgan fingerprint density at radius 1 is 1.69 bits per heavy atom. The Bertz CT molecular complexity index is 356. The monoisotopic (exact) mass is 183 g/mol. The molecule has 0 amide bonds. The van der Waals surface area contributed by atoms with Gasteiger partial charge in [0.15, 0.2) is 6.23 Å². The zero-order valence-corrected chi connectivity index (χ0v) is 6.84. The molecule has 70 valence electrons. The summed E-state index contributed by atoms with van der Waals surface area (Å²) in [5.74, 6) is 0.208. The van der Waals surface area contributed by atoms with Crippen molar-refractivity contribution in [2.24, 2.45) is 0 Å². The predicted octanol–water partition coefficient (Wildman–Crippen LogP) is -0.324. The summed E-state index contributed by atoms with van der Waals surface area (Å²) >= 11 is 0. The zero-order valence-electron chi connectivity index (χ0n) is 6.84. The van der Waals surface area contributed by atoms with Crippen molar-refractivity contribution in [2.75, 3.05) is 12.3 Å². The third kappa shape index (κ3) is 1.53. The molecule has 0 bridgehead atoms. The summed E-state index contributed by atoms with van der Waals surface area (Å²) in [6.07, 6.45) is 1.82. The van der Waals surface area contributed by atoms with Crippen LogP contribution < -0.4 is 11.4 Å². The quantitative estimate of drug-likeness (QED) is 0.603. The lowest BCUT2D eigenvalue weighted by Gasteiger charge is -2.09.